The highest BCUT2D eigenvalue weighted by molar-refractivity contribution is 7.15. The van der Waals surface area contributed by atoms with Crippen LogP contribution >= 0.6 is 11.3 Å². The van der Waals surface area contributed by atoms with Gasteiger partial charge in [0.25, 0.3) is 5.91 Å². The van der Waals surface area contributed by atoms with Gasteiger partial charge in [-0.3, -0.25) is 4.79 Å². The van der Waals surface area contributed by atoms with Crippen molar-refractivity contribution in [1.82, 2.24) is 19.9 Å². The average molecular weight is 425 g/mol. The number of anilines is 3. The van der Waals surface area contributed by atoms with Crippen molar-refractivity contribution >= 4 is 34.0 Å². The maximum absolute atomic E-state index is 13.0. The lowest BCUT2D eigenvalue weighted by Crippen LogP contribution is -2.42. The molecule has 1 aliphatic rings. The lowest BCUT2D eigenvalue weighted by molar-refractivity contribution is -0.0246. The van der Waals surface area contributed by atoms with E-state index in [0.717, 1.165) is 16.5 Å². The van der Waals surface area contributed by atoms with Crippen molar-refractivity contribution in [1.29, 1.82) is 0 Å². The van der Waals surface area contributed by atoms with E-state index in [9.17, 15) is 4.79 Å². The molecule has 4 heterocycles. The van der Waals surface area contributed by atoms with E-state index >= 15 is 0 Å². The second-order valence-corrected chi connectivity index (χ2v) is 8.23. The zero-order valence-electron chi connectivity index (χ0n) is 17.2. The topological polar surface area (TPSA) is 92.3 Å². The van der Waals surface area contributed by atoms with Gasteiger partial charge in [0.15, 0.2) is 5.13 Å². The third-order valence-corrected chi connectivity index (χ3v) is 5.97. The lowest BCUT2D eigenvalue weighted by atomic mass is 10.1. The minimum absolute atomic E-state index is 0.0368. The van der Waals surface area contributed by atoms with Gasteiger partial charge < -0.3 is 20.3 Å². The van der Waals surface area contributed by atoms with E-state index in [4.69, 9.17) is 9.72 Å². The van der Waals surface area contributed by atoms with Gasteiger partial charge >= 0.3 is 0 Å². The fourth-order valence-corrected chi connectivity index (χ4v) is 4.05. The Balaban J connectivity index is 1.48. The number of thiazole rings is 1. The van der Waals surface area contributed by atoms with E-state index < -0.39 is 0 Å². The summed E-state index contributed by atoms with van der Waals surface area (Å²) in [7, 11) is 1.78. The summed E-state index contributed by atoms with van der Waals surface area (Å²) in [6.45, 7) is 5.49. The second-order valence-electron chi connectivity index (χ2n) is 7.02. The Kier molecular flexibility index (Phi) is 5.91. The van der Waals surface area contributed by atoms with Gasteiger partial charge in [-0.05, 0) is 38.1 Å². The molecule has 0 spiro atoms. The van der Waals surface area contributed by atoms with E-state index in [-0.39, 0.29) is 12.0 Å². The van der Waals surface area contributed by atoms with Gasteiger partial charge in [0.05, 0.1) is 24.5 Å². The number of aryl methyl sites for hydroxylation is 2. The number of ether oxygens (including phenoxy) is 1. The number of nitrogens with one attached hydrogen (secondary N) is 2. The molecule has 8 nitrogen and oxygen atoms in total. The van der Waals surface area contributed by atoms with Crippen molar-refractivity contribution in [3.63, 3.8) is 0 Å². The lowest BCUT2D eigenvalue weighted by Gasteiger charge is -2.33. The zero-order chi connectivity index (χ0) is 21.1. The summed E-state index contributed by atoms with van der Waals surface area (Å²) in [5.74, 6) is 1.34. The summed E-state index contributed by atoms with van der Waals surface area (Å²) in [4.78, 5) is 29.3. The number of nitrogens with zero attached hydrogens (tertiary/aromatic N) is 4. The number of morpholine rings is 1. The maximum atomic E-state index is 13.0. The summed E-state index contributed by atoms with van der Waals surface area (Å²) in [5, 5.41) is 7.04. The molecule has 1 saturated heterocycles. The number of rotatable bonds is 5. The molecule has 1 amide bonds. The van der Waals surface area contributed by atoms with Crippen LogP contribution in [-0.4, -0.2) is 52.5 Å². The summed E-state index contributed by atoms with van der Waals surface area (Å²) >= 11 is 1.60. The summed E-state index contributed by atoms with van der Waals surface area (Å²) in [5.41, 5.74) is 2.40. The molecule has 1 aliphatic heterocycles. The Morgan fingerprint density at radius 3 is 2.87 bits per heavy atom. The molecule has 1 atom stereocenters. The number of hydrogen-bond acceptors (Lipinski definition) is 8. The highest BCUT2D eigenvalue weighted by atomic mass is 32.1. The van der Waals surface area contributed by atoms with E-state index in [1.165, 1.54) is 4.88 Å². The van der Waals surface area contributed by atoms with Crippen LogP contribution in [-0.2, 0) is 4.74 Å². The number of carbonyl (C=O) groups excluding carboxylic acids is 1. The first kappa shape index (κ1) is 20.2. The Morgan fingerprint density at radius 1 is 1.23 bits per heavy atom. The normalized spacial score (nSPS) is 16.4. The molecule has 0 aromatic carbocycles. The molecule has 0 aliphatic carbocycles. The van der Waals surface area contributed by atoms with Crippen LogP contribution in [0.1, 0.15) is 32.7 Å². The maximum Gasteiger partial charge on any atom is 0.254 e. The minimum atomic E-state index is -0.283. The third-order valence-electron chi connectivity index (χ3n) is 4.98. The third kappa shape index (κ3) is 4.42. The first-order valence-electron chi connectivity index (χ1n) is 9.76. The smallest absolute Gasteiger partial charge is 0.254 e. The molecule has 30 heavy (non-hydrogen) atoms. The Labute approximate surface area is 179 Å². The van der Waals surface area contributed by atoms with Crippen LogP contribution in [0, 0.1) is 13.8 Å². The second kappa shape index (κ2) is 8.76. The average Bonchev–Trinajstić information content (AvgIpc) is 3.10. The monoisotopic (exact) mass is 424 g/mol. The molecular weight excluding hydrogens is 400 g/mol. The predicted octanol–water partition coefficient (Wildman–Crippen LogP) is 3.55. The number of carbonyl (C=O) groups is 1. The van der Waals surface area contributed by atoms with Crippen LogP contribution in [0.15, 0.2) is 36.5 Å². The SMILES string of the molecule is CNc1cc(C(=O)N2CCOC(c3cccc(Nc4nc(C)c(C)s4)n3)C2)ccn1. The van der Waals surface area contributed by atoms with E-state index in [0.29, 0.717) is 36.9 Å². The Bertz CT molecular complexity index is 1030. The molecule has 1 unspecified atom stereocenters. The van der Waals surface area contributed by atoms with Gasteiger partial charge in [-0.2, -0.15) is 0 Å². The van der Waals surface area contributed by atoms with Gasteiger partial charge in [0, 0.05) is 30.2 Å². The number of pyridine rings is 2. The van der Waals surface area contributed by atoms with Crippen LogP contribution in [0.25, 0.3) is 0 Å². The molecule has 0 saturated carbocycles. The van der Waals surface area contributed by atoms with Crippen molar-refractivity contribution < 1.29 is 9.53 Å². The molecular formula is C21H24N6O2S. The molecule has 2 N–H and O–H groups in total. The molecule has 9 heteroatoms. The van der Waals surface area contributed by atoms with Gasteiger partial charge in [-0.1, -0.05) is 6.07 Å². The molecule has 0 radical (unpaired) electrons. The van der Waals surface area contributed by atoms with Crippen LogP contribution < -0.4 is 10.6 Å². The first-order valence-corrected chi connectivity index (χ1v) is 10.6. The van der Waals surface area contributed by atoms with Crippen LogP contribution in [0.2, 0.25) is 0 Å². The number of hydrogen-bond donors (Lipinski definition) is 2. The van der Waals surface area contributed by atoms with E-state index in [1.807, 2.05) is 32.0 Å². The van der Waals surface area contributed by atoms with E-state index in [2.05, 4.69) is 20.6 Å². The molecule has 1 fully saturated rings. The molecule has 3 aromatic rings. The number of aromatic nitrogens is 3. The molecule has 156 valence electrons. The van der Waals surface area contributed by atoms with Crippen molar-refractivity contribution in [2.45, 2.75) is 20.0 Å². The Hall–Kier alpha value is -3.04. The summed E-state index contributed by atoms with van der Waals surface area (Å²) in [6, 6.07) is 9.25. The van der Waals surface area contributed by atoms with Crippen LogP contribution in [0.5, 0.6) is 0 Å². The quantitative estimate of drug-likeness (QED) is 0.647. The minimum Gasteiger partial charge on any atom is -0.373 e. The molecule has 3 aromatic heterocycles. The predicted molar refractivity (Wildman–Crippen MR) is 117 cm³/mol. The largest absolute Gasteiger partial charge is 0.373 e. The van der Waals surface area contributed by atoms with Crippen molar-refractivity contribution in [2.24, 2.45) is 0 Å². The van der Waals surface area contributed by atoms with E-state index in [1.54, 1.807) is 41.6 Å². The van der Waals surface area contributed by atoms with Crippen molar-refractivity contribution in [3.05, 3.63) is 58.4 Å². The fourth-order valence-electron chi connectivity index (χ4n) is 3.23. The highest BCUT2D eigenvalue weighted by Gasteiger charge is 2.27. The Morgan fingerprint density at radius 2 is 2.10 bits per heavy atom. The van der Waals surface area contributed by atoms with Crippen LogP contribution in [0.3, 0.4) is 0 Å². The highest BCUT2D eigenvalue weighted by Crippen LogP contribution is 2.27. The van der Waals surface area contributed by atoms with Crippen molar-refractivity contribution in [3.8, 4) is 0 Å². The van der Waals surface area contributed by atoms with Gasteiger partial charge in [0.1, 0.15) is 17.7 Å². The van der Waals surface area contributed by atoms with Gasteiger partial charge in [-0.15, -0.1) is 11.3 Å². The fraction of sp³-hybridized carbons (Fsp3) is 0.333. The molecule has 0 bridgehead atoms. The molecule has 4 rings (SSSR count). The van der Waals surface area contributed by atoms with Crippen LogP contribution in [0.4, 0.5) is 16.8 Å². The summed E-state index contributed by atoms with van der Waals surface area (Å²) < 4.78 is 5.93. The number of amides is 1. The van der Waals surface area contributed by atoms with Crippen molar-refractivity contribution in [2.75, 3.05) is 37.4 Å². The van der Waals surface area contributed by atoms with Gasteiger partial charge in [0.2, 0.25) is 0 Å². The summed E-state index contributed by atoms with van der Waals surface area (Å²) in [6.07, 6.45) is 1.35. The standard InChI is InChI=1S/C21H24N6O2S/c1-13-14(2)30-21(24-13)26-18-6-4-5-16(25-18)17-12-27(9-10-29-17)20(28)15-7-8-23-19(11-15)22-3/h4-8,11,17H,9-10,12H2,1-3H3,(H,22,23)(H,24,25,26). The first-order chi connectivity index (χ1) is 14.5. The van der Waals surface area contributed by atoms with Gasteiger partial charge in [-0.25, -0.2) is 15.0 Å². The zero-order valence-corrected chi connectivity index (χ0v) is 18.0.